The molecule has 0 aromatic carbocycles. The monoisotopic (exact) mass is 308 g/mol. The maximum Gasteiger partial charge on any atom is 0.361 e. The molecular formula is C15H20N2O5. The van der Waals surface area contributed by atoms with Crippen LogP contribution in [0.2, 0.25) is 0 Å². The first-order valence-corrected chi connectivity index (χ1v) is 7.68. The molecule has 7 heteroatoms. The molecule has 1 aliphatic heterocycles. The lowest BCUT2D eigenvalue weighted by Crippen LogP contribution is -2.37. The van der Waals surface area contributed by atoms with Crippen molar-refractivity contribution in [2.75, 3.05) is 19.8 Å². The first-order chi connectivity index (χ1) is 10.6. The highest BCUT2D eigenvalue weighted by atomic mass is 16.5. The van der Waals surface area contributed by atoms with Crippen LogP contribution in [0.25, 0.3) is 0 Å². The molecular weight excluding hydrogens is 288 g/mol. The minimum atomic E-state index is -0.765. The van der Waals surface area contributed by atoms with Crippen molar-refractivity contribution in [3.05, 3.63) is 21.9 Å². The summed E-state index contributed by atoms with van der Waals surface area (Å²) >= 11 is 0. The van der Waals surface area contributed by atoms with Crippen LogP contribution in [0.4, 0.5) is 0 Å². The fourth-order valence-electron chi connectivity index (χ4n) is 3.41. The summed E-state index contributed by atoms with van der Waals surface area (Å²) in [4.78, 5) is 28.8. The molecule has 1 saturated carbocycles. The Balaban J connectivity index is 2.19. The minimum Gasteiger partial charge on any atom is -0.501 e. The number of rotatable bonds is 2. The van der Waals surface area contributed by atoms with Crippen LogP contribution in [0.15, 0.2) is 4.79 Å². The van der Waals surface area contributed by atoms with E-state index in [1.807, 2.05) is 0 Å². The standard InChI is InChI=1S/C15H20N2O5/c1-2-22-13(20)10-11(18)12(19)17-7-8-21-9-15(14(17)16-10)5-3-4-6-15/h18H,2-9H2,1H3. The van der Waals surface area contributed by atoms with Crippen molar-refractivity contribution in [1.82, 2.24) is 9.55 Å². The summed E-state index contributed by atoms with van der Waals surface area (Å²) in [5, 5.41) is 10.0. The summed E-state index contributed by atoms with van der Waals surface area (Å²) in [6.07, 6.45) is 3.81. The second-order valence-corrected chi connectivity index (χ2v) is 5.85. The maximum atomic E-state index is 12.4. The average molecular weight is 308 g/mol. The van der Waals surface area contributed by atoms with E-state index in [4.69, 9.17) is 9.47 Å². The van der Waals surface area contributed by atoms with Crippen LogP contribution >= 0.6 is 0 Å². The Hall–Kier alpha value is -1.89. The summed E-state index contributed by atoms with van der Waals surface area (Å²) in [6.45, 7) is 3.05. The zero-order valence-electron chi connectivity index (χ0n) is 12.6. The lowest BCUT2D eigenvalue weighted by molar-refractivity contribution is 0.0513. The van der Waals surface area contributed by atoms with Gasteiger partial charge in [-0.1, -0.05) is 12.8 Å². The zero-order valence-corrected chi connectivity index (χ0v) is 12.6. The molecule has 0 saturated heterocycles. The Labute approximate surface area is 127 Å². The van der Waals surface area contributed by atoms with Crippen LogP contribution in [0.1, 0.15) is 48.9 Å². The predicted octanol–water partition coefficient (Wildman–Crippen LogP) is 0.968. The zero-order chi connectivity index (χ0) is 15.7. The third-order valence-corrected chi connectivity index (χ3v) is 4.49. The first-order valence-electron chi connectivity index (χ1n) is 7.68. The van der Waals surface area contributed by atoms with Crippen LogP contribution in [-0.4, -0.2) is 40.4 Å². The highest BCUT2D eigenvalue weighted by molar-refractivity contribution is 5.90. The van der Waals surface area contributed by atoms with Crippen molar-refractivity contribution < 1.29 is 19.4 Å². The van der Waals surface area contributed by atoms with Gasteiger partial charge < -0.3 is 14.6 Å². The molecule has 0 radical (unpaired) electrons. The molecule has 1 aromatic rings. The van der Waals surface area contributed by atoms with E-state index in [-0.39, 0.29) is 17.7 Å². The van der Waals surface area contributed by atoms with Gasteiger partial charge >= 0.3 is 5.97 Å². The molecule has 120 valence electrons. The number of carbonyl (C=O) groups excluding carboxylic acids is 1. The minimum absolute atomic E-state index is 0.159. The fourth-order valence-corrected chi connectivity index (χ4v) is 3.41. The second-order valence-electron chi connectivity index (χ2n) is 5.85. The lowest BCUT2D eigenvalue weighted by atomic mass is 9.86. The van der Waals surface area contributed by atoms with Gasteiger partial charge in [-0.05, 0) is 19.8 Å². The van der Waals surface area contributed by atoms with Crippen LogP contribution in [0, 0.1) is 0 Å². The van der Waals surface area contributed by atoms with E-state index in [9.17, 15) is 14.7 Å². The van der Waals surface area contributed by atoms with Crippen LogP contribution in [0.5, 0.6) is 5.75 Å². The molecule has 7 nitrogen and oxygen atoms in total. The number of fused-ring (bicyclic) bond motifs is 2. The Morgan fingerprint density at radius 3 is 2.86 bits per heavy atom. The van der Waals surface area contributed by atoms with Gasteiger partial charge in [-0.3, -0.25) is 9.36 Å². The van der Waals surface area contributed by atoms with Crippen LogP contribution in [-0.2, 0) is 21.4 Å². The predicted molar refractivity (Wildman–Crippen MR) is 77.1 cm³/mol. The SMILES string of the molecule is CCOC(=O)c1nc2n(c(=O)c1O)CCOCC21CCCC1. The largest absolute Gasteiger partial charge is 0.501 e. The molecule has 1 aromatic heterocycles. The lowest BCUT2D eigenvalue weighted by Gasteiger charge is -2.27. The van der Waals surface area contributed by atoms with Crippen molar-refractivity contribution in [3.63, 3.8) is 0 Å². The smallest absolute Gasteiger partial charge is 0.361 e. The van der Waals surface area contributed by atoms with E-state index in [1.165, 1.54) is 4.57 Å². The topological polar surface area (TPSA) is 90.7 Å². The Kier molecular flexibility index (Phi) is 3.90. The molecule has 1 aliphatic carbocycles. The molecule has 0 unspecified atom stereocenters. The molecule has 1 spiro atoms. The maximum absolute atomic E-state index is 12.4. The van der Waals surface area contributed by atoms with E-state index < -0.39 is 17.3 Å². The van der Waals surface area contributed by atoms with E-state index in [0.29, 0.717) is 25.6 Å². The fraction of sp³-hybridized carbons (Fsp3) is 0.667. The van der Waals surface area contributed by atoms with Crippen LogP contribution < -0.4 is 5.56 Å². The molecule has 0 bridgehead atoms. The summed E-state index contributed by atoms with van der Waals surface area (Å²) in [6, 6.07) is 0. The quantitative estimate of drug-likeness (QED) is 0.819. The van der Waals surface area contributed by atoms with Crippen LogP contribution in [0.3, 0.4) is 0 Å². The van der Waals surface area contributed by atoms with Crippen molar-refractivity contribution in [1.29, 1.82) is 0 Å². The van der Waals surface area contributed by atoms with Gasteiger partial charge in [0.1, 0.15) is 5.82 Å². The van der Waals surface area contributed by atoms with Gasteiger partial charge in [-0.2, -0.15) is 0 Å². The molecule has 22 heavy (non-hydrogen) atoms. The summed E-state index contributed by atoms with van der Waals surface area (Å²) in [7, 11) is 0. The molecule has 0 atom stereocenters. The van der Waals surface area contributed by atoms with Crippen molar-refractivity contribution >= 4 is 5.97 Å². The summed E-state index contributed by atoms with van der Waals surface area (Å²) < 4.78 is 12.0. The number of hydrogen-bond donors (Lipinski definition) is 1. The molecule has 2 aliphatic rings. The highest BCUT2D eigenvalue weighted by Gasteiger charge is 2.42. The van der Waals surface area contributed by atoms with Crippen molar-refractivity contribution in [3.8, 4) is 5.75 Å². The molecule has 1 N–H and O–H groups in total. The first kappa shape index (κ1) is 15.0. The molecule has 0 amide bonds. The number of carbonyl (C=O) groups is 1. The Morgan fingerprint density at radius 1 is 1.45 bits per heavy atom. The number of aromatic nitrogens is 2. The third-order valence-electron chi connectivity index (χ3n) is 4.49. The highest BCUT2D eigenvalue weighted by Crippen LogP contribution is 2.41. The van der Waals surface area contributed by atoms with Crippen molar-refractivity contribution in [2.24, 2.45) is 0 Å². The van der Waals surface area contributed by atoms with E-state index in [2.05, 4.69) is 4.98 Å². The van der Waals surface area contributed by atoms with Gasteiger partial charge in [-0.25, -0.2) is 9.78 Å². The van der Waals surface area contributed by atoms with E-state index in [0.717, 1.165) is 25.7 Å². The van der Waals surface area contributed by atoms with Gasteiger partial charge in [0.05, 0.1) is 31.8 Å². The van der Waals surface area contributed by atoms with Gasteiger partial charge in [0.2, 0.25) is 5.75 Å². The number of esters is 1. The van der Waals surface area contributed by atoms with Gasteiger partial charge in [0.25, 0.3) is 5.56 Å². The third kappa shape index (κ3) is 2.29. The molecule has 1 fully saturated rings. The number of hydrogen-bond acceptors (Lipinski definition) is 6. The summed E-state index contributed by atoms with van der Waals surface area (Å²) in [5.74, 6) is -0.857. The van der Waals surface area contributed by atoms with Gasteiger partial charge in [-0.15, -0.1) is 0 Å². The average Bonchev–Trinajstić information content (AvgIpc) is 2.89. The number of ether oxygens (including phenoxy) is 2. The van der Waals surface area contributed by atoms with Gasteiger partial charge in [0, 0.05) is 0 Å². The number of aromatic hydroxyl groups is 1. The van der Waals surface area contributed by atoms with Crippen molar-refractivity contribution in [2.45, 2.75) is 44.6 Å². The van der Waals surface area contributed by atoms with Gasteiger partial charge in [0.15, 0.2) is 5.69 Å². The molecule has 2 heterocycles. The number of nitrogens with zero attached hydrogens (tertiary/aromatic N) is 2. The summed E-state index contributed by atoms with van der Waals surface area (Å²) in [5.41, 5.74) is -1.22. The Morgan fingerprint density at radius 2 is 2.18 bits per heavy atom. The molecule has 3 rings (SSSR count). The Bertz CT molecular complexity index is 646. The van der Waals surface area contributed by atoms with E-state index >= 15 is 0 Å². The normalized spacial score (nSPS) is 19.7. The van der Waals surface area contributed by atoms with E-state index in [1.54, 1.807) is 6.92 Å². The second kappa shape index (κ2) is 5.72.